The van der Waals surface area contributed by atoms with E-state index in [1.54, 1.807) is 6.07 Å². The number of nitrogens with one attached hydrogen (secondary N) is 1. The SMILES string of the molecule is N#Cc1ccccc1-c1ccccc1C(=O)N[C@H]1CCN(C2CC2)C1. The van der Waals surface area contributed by atoms with Gasteiger partial charge in [0.15, 0.2) is 0 Å². The van der Waals surface area contributed by atoms with Crippen molar-refractivity contribution in [3.8, 4) is 17.2 Å². The summed E-state index contributed by atoms with van der Waals surface area (Å²) in [5.74, 6) is -0.0500. The number of hydrogen-bond acceptors (Lipinski definition) is 3. The van der Waals surface area contributed by atoms with Crippen LogP contribution in [0, 0.1) is 11.3 Å². The molecule has 2 aromatic carbocycles. The zero-order valence-electron chi connectivity index (χ0n) is 14.1. The molecule has 126 valence electrons. The van der Waals surface area contributed by atoms with Crippen molar-refractivity contribution in [1.82, 2.24) is 10.2 Å². The summed E-state index contributed by atoms with van der Waals surface area (Å²) in [7, 11) is 0. The third-order valence-electron chi connectivity index (χ3n) is 5.13. The van der Waals surface area contributed by atoms with E-state index in [1.165, 1.54) is 12.8 Å². The lowest BCUT2D eigenvalue weighted by Gasteiger charge is -2.17. The summed E-state index contributed by atoms with van der Waals surface area (Å²) in [6.07, 6.45) is 3.61. The molecule has 25 heavy (non-hydrogen) atoms. The highest BCUT2D eigenvalue weighted by molar-refractivity contribution is 6.01. The molecule has 2 aliphatic rings. The number of nitrogens with zero attached hydrogens (tertiary/aromatic N) is 2. The number of nitriles is 1. The lowest BCUT2D eigenvalue weighted by molar-refractivity contribution is 0.0938. The van der Waals surface area contributed by atoms with E-state index >= 15 is 0 Å². The van der Waals surface area contributed by atoms with Gasteiger partial charge in [-0.25, -0.2) is 0 Å². The summed E-state index contributed by atoms with van der Waals surface area (Å²) < 4.78 is 0. The number of likely N-dealkylation sites (tertiary alicyclic amines) is 1. The van der Waals surface area contributed by atoms with Crippen LogP contribution in [-0.4, -0.2) is 36.0 Å². The van der Waals surface area contributed by atoms with E-state index in [4.69, 9.17) is 0 Å². The predicted octanol–water partition coefficient (Wildman–Crippen LogP) is 3.19. The fourth-order valence-electron chi connectivity index (χ4n) is 3.67. The van der Waals surface area contributed by atoms with Crippen LogP contribution in [0.15, 0.2) is 48.5 Å². The van der Waals surface area contributed by atoms with Gasteiger partial charge in [-0.05, 0) is 37.0 Å². The van der Waals surface area contributed by atoms with Gasteiger partial charge in [0.05, 0.1) is 11.6 Å². The van der Waals surface area contributed by atoms with Gasteiger partial charge in [0, 0.05) is 36.3 Å². The van der Waals surface area contributed by atoms with E-state index in [9.17, 15) is 10.1 Å². The van der Waals surface area contributed by atoms with Gasteiger partial charge in [-0.15, -0.1) is 0 Å². The van der Waals surface area contributed by atoms with Crippen molar-refractivity contribution < 1.29 is 4.79 Å². The molecule has 0 spiro atoms. The van der Waals surface area contributed by atoms with Crippen LogP contribution in [0.3, 0.4) is 0 Å². The van der Waals surface area contributed by atoms with Gasteiger partial charge in [0.25, 0.3) is 5.91 Å². The van der Waals surface area contributed by atoms with Crippen LogP contribution in [-0.2, 0) is 0 Å². The lowest BCUT2D eigenvalue weighted by Crippen LogP contribution is -2.37. The Balaban J connectivity index is 1.56. The molecule has 1 saturated carbocycles. The van der Waals surface area contributed by atoms with Crippen LogP contribution in [0.2, 0.25) is 0 Å². The monoisotopic (exact) mass is 331 g/mol. The molecule has 1 heterocycles. The number of carbonyl (C=O) groups is 1. The molecule has 1 aliphatic carbocycles. The second kappa shape index (κ2) is 6.70. The van der Waals surface area contributed by atoms with Gasteiger partial charge in [-0.1, -0.05) is 36.4 Å². The first-order valence-corrected chi connectivity index (χ1v) is 8.89. The highest BCUT2D eigenvalue weighted by Crippen LogP contribution is 2.30. The van der Waals surface area contributed by atoms with Crippen molar-refractivity contribution in [3.63, 3.8) is 0 Å². The van der Waals surface area contributed by atoms with Crippen molar-refractivity contribution in [2.45, 2.75) is 31.3 Å². The quantitative estimate of drug-likeness (QED) is 0.936. The van der Waals surface area contributed by atoms with Crippen LogP contribution >= 0.6 is 0 Å². The third-order valence-corrected chi connectivity index (χ3v) is 5.13. The second-order valence-corrected chi connectivity index (χ2v) is 6.89. The fraction of sp³-hybridized carbons (Fsp3) is 0.333. The number of rotatable bonds is 4. The summed E-state index contributed by atoms with van der Waals surface area (Å²) in [5, 5.41) is 12.6. The zero-order valence-corrected chi connectivity index (χ0v) is 14.1. The first-order chi connectivity index (χ1) is 12.3. The van der Waals surface area contributed by atoms with E-state index in [0.29, 0.717) is 11.1 Å². The summed E-state index contributed by atoms with van der Waals surface area (Å²) in [4.78, 5) is 15.4. The first kappa shape index (κ1) is 15.9. The van der Waals surface area contributed by atoms with Crippen LogP contribution in [0.1, 0.15) is 35.2 Å². The van der Waals surface area contributed by atoms with Crippen LogP contribution < -0.4 is 5.32 Å². The molecule has 1 aliphatic heterocycles. The molecule has 1 saturated heterocycles. The number of hydrogen-bond donors (Lipinski definition) is 1. The average Bonchev–Trinajstić information content (AvgIpc) is 3.41. The summed E-state index contributed by atoms with van der Waals surface area (Å²) in [6.45, 7) is 2.03. The van der Waals surface area contributed by atoms with Gasteiger partial charge < -0.3 is 5.32 Å². The standard InChI is InChI=1S/C21H21N3O/c22-13-15-5-1-2-6-18(15)19-7-3-4-8-20(19)21(25)23-16-11-12-24(14-16)17-9-10-17/h1-8,16-17H,9-12,14H2,(H,23,25)/t16-/m0/s1. The maximum atomic E-state index is 12.9. The second-order valence-electron chi connectivity index (χ2n) is 6.89. The Labute approximate surface area is 148 Å². The number of benzene rings is 2. The Hall–Kier alpha value is -2.64. The van der Waals surface area contributed by atoms with Crippen molar-refractivity contribution in [1.29, 1.82) is 5.26 Å². The largest absolute Gasteiger partial charge is 0.348 e. The number of carbonyl (C=O) groups excluding carboxylic acids is 1. The van der Waals surface area contributed by atoms with Crippen LogP contribution in [0.4, 0.5) is 0 Å². The molecule has 0 radical (unpaired) electrons. The molecule has 1 atom stereocenters. The molecule has 0 bridgehead atoms. The Bertz CT molecular complexity index is 835. The molecule has 0 unspecified atom stereocenters. The van der Waals surface area contributed by atoms with E-state index < -0.39 is 0 Å². The minimum absolute atomic E-state index is 0.0500. The lowest BCUT2D eigenvalue weighted by atomic mass is 9.95. The topological polar surface area (TPSA) is 56.1 Å². The van der Waals surface area contributed by atoms with Crippen LogP contribution in [0.25, 0.3) is 11.1 Å². The van der Waals surface area contributed by atoms with Crippen molar-refractivity contribution in [2.24, 2.45) is 0 Å². The normalized spacial score (nSPS) is 20.2. The minimum atomic E-state index is -0.0500. The van der Waals surface area contributed by atoms with Gasteiger partial charge in [0.2, 0.25) is 0 Å². The van der Waals surface area contributed by atoms with Crippen molar-refractivity contribution in [2.75, 3.05) is 13.1 Å². The van der Waals surface area contributed by atoms with Gasteiger partial charge in [-0.2, -0.15) is 5.26 Å². The van der Waals surface area contributed by atoms with Gasteiger partial charge >= 0.3 is 0 Å². The summed E-state index contributed by atoms with van der Waals surface area (Å²) in [5.41, 5.74) is 2.84. The predicted molar refractivity (Wildman–Crippen MR) is 97.1 cm³/mol. The van der Waals surface area contributed by atoms with Crippen LogP contribution in [0.5, 0.6) is 0 Å². The first-order valence-electron chi connectivity index (χ1n) is 8.89. The Morgan fingerprint density at radius 2 is 1.76 bits per heavy atom. The highest BCUT2D eigenvalue weighted by Gasteiger charge is 2.35. The van der Waals surface area contributed by atoms with E-state index in [0.717, 1.165) is 36.7 Å². The Morgan fingerprint density at radius 3 is 2.52 bits per heavy atom. The molecule has 4 nitrogen and oxygen atoms in total. The molecule has 4 heteroatoms. The van der Waals surface area contributed by atoms with Gasteiger partial charge in [-0.3, -0.25) is 9.69 Å². The fourth-order valence-corrected chi connectivity index (χ4v) is 3.67. The van der Waals surface area contributed by atoms with E-state index in [2.05, 4.69) is 16.3 Å². The Kier molecular flexibility index (Phi) is 4.25. The molecule has 4 rings (SSSR count). The third kappa shape index (κ3) is 3.29. The maximum Gasteiger partial charge on any atom is 0.252 e. The molecule has 2 aromatic rings. The van der Waals surface area contributed by atoms with E-state index in [1.807, 2.05) is 42.5 Å². The van der Waals surface area contributed by atoms with E-state index in [-0.39, 0.29) is 11.9 Å². The summed E-state index contributed by atoms with van der Waals surface area (Å²) >= 11 is 0. The molecule has 1 amide bonds. The smallest absolute Gasteiger partial charge is 0.252 e. The molecule has 2 fully saturated rings. The minimum Gasteiger partial charge on any atom is -0.348 e. The zero-order chi connectivity index (χ0) is 17.2. The van der Waals surface area contributed by atoms with Crippen molar-refractivity contribution in [3.05, 3.63) is 59.7 Å². The van der Waals surface area contributed by atoms with Gasteiger partial charge in [0.1, 0.15) is 0 Å². The maximum absolute atomic E-state index is 12.9. The highest BCUT2D eigenvalue weighted by atomic mass is 16.1. The Morgan fingerprint density at radius 1 is 1.04 bits per heavy atom. The molecule has 0 aromatic heterocycles. The number of amides is 1. The van der Waals surface area contributed by atoms with Crippen molar-refractivity contribution >= 4 is 5.91 Å². The molecule has 1 N–H and O–H groups in total. The molecular formula is C21H21N3O. The molecular weight excluding hydrogens is 310 g/mol. The summed E-state index contributed by atoms with van der Waals surface area (Å²) in [6, 6.07) is 18.1. The average molecular weight is 331 g/mol.